The van der Waals surface area contributed by atoms with Gasteiger partial charge in [-0.05, 0) is 48.9 Å². The van der Waals surface area contributed by atoms with Crippen LogP contribution in [0.5, 0.6) is 0 Å². The molecule has 0 aliphatic carbocycles. The second-order valence-electron chi connectivity index (χ2n) is 6.78. The van der Waals surface area contributed by atoms with Crippen molar-refractivity contribution in [1.29, 1.82) is 0 Å². The maximum absolute atomic E-state index is 13.4. The van der Waals surface area contributed by atoms with Crippen molar-refractivity contribution >= 4 is 40.9 Å². The zero-order valence-corrected chi connectivity index (χ0v) is 18.8. The molecule has 3 rings (SSSR count). The van der Waals surface area contributed by atoms with E-state index in [2.05, 4.69) is 27.4 Å². The zero-order chi connectivity index (χ0) is 23.1. The Hall–Kier alpha value is -3.17. The highest BCUT2D eigenvalue weighted by Gasteiger charge is 2.15. The minimum atomic E-state index is -0.422. The molecule has 0 bridgehead atoms. The van der Waals surface area contributed by atoms with Crippen LogP contribution in [0.25, 0.3) is 0 Å². The largest absolute Gasteiger partial charge is 0.345 e. The molecule has 0 spiro atoms. The molecule has 0 saturated carbocycles. The van der Waals surface area contributed by atoms with E-state index < -0.39 is 5.82 Å². The van der Waals surface area contributed by atoms with Crippen LogP contribution in [-0.4, -0.2) is 32.3 Å². The predicted octanol–water partition coefficient (Wildman–Crippen LogP) is 4.23. The molecule has 0 aliphatic heterocycles. The van der Waals surface area contributed by atoms with E-state index in [1.54, 1.807) is 47.9 Å². The molecule has 0 aliphatic rings. The van der Waals surface area contributed by atoms with Crippen molar-refractivity contribution < 1.29 is 14.0 Å². The first-order valence-electron chi connectivity index (χ1n) is 9.63. The fourth-order valence-electron chi connectivity index (χ4n) is 2.78. The number of halogens is 2. The quantitative estimate of drug-likeness (QED) is 0.358. The average Bonchev–Trinajstić information content (AvgIpc) is 3.15. The van der Waals surface area contributed by atoms with Gasteiger partial charge in [0.15, 0.2) is 11.0 Å². The Kier molecular flexibility index (Phi) is 8.02. The lowest BCUT2D eigenvalue weighted by molar-refractivity contribution is -0.113. The third-order valence-electron chi connectivity index (χ3n) is 4.42. The number of nitrogens with one attached hydrogen (secondary N) is 2. The molecular formula is C22H21ClFN5O2S. The Morgan fingerprint density at radius 1 is 1.22 bits per heavy atom. The van der Waals surface area contributed by atoms with Gasteiger partial charge in [-0.3, -0.25) is 9.59 Å². The monoisotopic (exact) mass is 473 g/mol. The van der Waals surface area contributed by atoms with Gasteiger partial charge in [0, 0.05) is 22.8 Å². The third kappa shape index (κ3) is 6.18. The third-order valence-corrected chi connectivity index (χ3v) is 5.64. The number of aromatic nitrogens is 3. The molecule has 1 heterocycles. The Bertz CT molecular complexity index is 1130. The van der Waals surface area contributed by atoms with Crippen molar-refractivity contribution in [3.8, 4) is 0 Å². The summed E-state index contributed by atoms with van der Waals surface area (Å²) in [7, 11) is 0. The van der Waals surface area contributed by atoms with E-state index in [9.17, 15) is 14.0 Å². The molecule has 7 nitrogen and oxygen atoms in total. The van der Waals surface area contributed by atoms with Crippen LogP contribution in [0.15, 0.2) is 60.3 Å². The SMILES string of the molecule is C=CCn1c(CNC(=O)c2ccc(Cl)cc2)nnc1SCC(=O)Nc1cc(F)ccc1C. The zero-order valence-electron chi connectivity index (χ0n) is 17.3. The molecule has 2 amide bonds. The Labute approximate surface area is 194 Å². The van der Waals surface area contributed by atoms with Gasteiger partial charge in [0.1, 0.15) is 5.82 Å². The van der Waals surface area contributed by atoms with Gasteiger partial charge in [0.25, 0.3) is 5.91 Å². The number of nitrogens with zero attached hydrogens (tertiary/aromatic N) is 3. The van der Waals surface area contributed by atoms with Gasteiger partial charge in [-0.25, -0.2) is 4.39 Å². The highest BCUT2D eigenvalue weighted by Crippen LogP contribution is 2.20. The van der Waals surface area contributed by atoms with Crippen LogP contribution in [0.1, 0.15) is 21.7 Å². The van der Waals surface area contributed by atoms with Crippen molar-refractivity contribution in [3.05, 3.63) is 82.9 Å². The number of benzene rings is 2. The number of rotatable bonds is 9. The number of aryl methyl sites for hydroxylation is 1. The van der Waals surface area contributed by atoms with E-state index in [0.29, 0.717) is 33.8 Å². The number of allylic oxidation sites excluding steroid dienone is 1. The molecule has 32 heavy (non-hydrogen) atoms. The first kappa shape index (κ1) is 23.5. The summed E-state index contributed by atoms with van der Waals surface area (Å²) in [6.07, 6.45) is 1.67. The molecule has 2 N–H and O–H groups in total. The maximum atomic E-state index is 13.4. The number of carbonyl (C=O) groups excluding carboxylic acids is 2. The molecule has 0 atom stereocenters. The molecular weight excluding hydrogens is 453 g/mol. The lowest BCUT2D eigenvalue weighted by atomic mass is 10.2. The fraction of sp³-hybridized carbons (Fsp3) is 0.182. The van der Waals surface area contributed by atoms with Crippen LogP contribution in [0, 0.1) is 12.7 Å². The molecule has 0 radical (unpaired) electrons. The number of amides is 2. The first-order valence-corrected chi connectivity index (χ1v) is 11.0. The number of carbonyl (C=O) groups is 2. The molecule has 2 aromatic carbocycles. The number of hydrogen-bond acceptors (Lipinski definition) is 5. The van der Waals surface area contributed by atoms with Gasteiger partial charge < -0.3 is 15.2 Å². The average molecular weight is 474 g/mol. The maximum Gasteiger partial charge on any atom is 0.251 e. The fourth-order valence-corrected chi connectivity index (χ4v) is 3.67. The summed E-state index contributed by atoms with van der Waals surface area (Å²) in [5.74, 6) is -0.406. The van der Waals surface area contributed by atoms with Crippen molar-refractivity contribution in [2.45, 2.75) is 25.2 Å². The second-order valence-corrected chi connectivity index (χ2v) is 8.16. The Balaban J connectivity index is 1.61. The summed E-state index contributed by atoms with van der Waals surface area (Å²) >= 11 is 7.04. The Morgan fingerprint density at radius 3 is 2.69 bits per heavy atom. The predicted molar refractivity (Wildman–Crippen MR) is 123 cm³/mol. The van der Waals surface area contributed by atoms with Crippen LogP contribution < -0.4 is 10.6 Å². The minimum Gasteiger partial charge on any atom is -0.345 e. The summed E-state index contributed by atoms with van der Waals surface area (Å²) in [6, 6.07) is 10.8. The van der Waals surface area contributed by atoms with Gasteiger partial charge in [0.05, 0.1) is 12.3 Å². The van der Waals surface area contributed by atoms with Crippen LogP contribution in [-0.2, 0) is 17.9 Å². The van der Waals surface area contributed by atoms with Crippen LogP contribution >= 0.6 is 23.4 Å². The highest BCUT2D eigenvalue weighted by molar-refractivity contribution is 7.99. The van der Waals surface area contributed by atoms with Gasteiger partial charge in [-0.1, -0.05) is 35.5 Å². The first-order chi connectivity index (χ1) is 15.4. The summed E-state index contributed by atoms with van der Waals surface area (Å²) in [6.45, 7) is 6.08. The smallest absolute Gasteiger partial charge is 0.251 e. The lowest BCUT2D eigenvalue weighted by Crippen LogP contribution is -2.24. The molecule has 1 aromatic heterocycles. The summed E-state index contributed by atoms with van der Waals surface area (Å²) in [5, 5.41) is 14.8. The molecule has 0 fully saturated rings. The number of anilines is 1. The van der Waals surface area contributed by atoms with E-state index in [0.717, 1.165) is 5.56 Å². The highest BCUT2D eigenvalue weighted by atomic mass is 35.5. The normalized spacial score (nSPS) is 10.6. The van der Waals surface area contributed by atoms with Gasteiger partial charge in [-0.2, -0.15) is 0 Å². The van der Waals surface area contributed by atoms with Crippen molar-refractivity contribution in [2.75, 3.05) is 11.1 Å². The molecule has 0 saturated heterocycles. The van der Waals surface area contributed by atoms with E-state index in [1.807, 2.05) is 0 Å². The summed E-state index contributed by atoms with van der Waals surface area (Å²) < 4.78 is 15.2. The van der Waals surface area contributed by atoms with E-state index in [1.165, 1.54) is 23.9 Å². The Morgan fingerprint density at radius 2 is 1.97 bits per heavy atom. The van der Waals surface area contributed by atoms with E-state index in [4.69, 9.17) is 11.6 Å². The lowest BCUT2D eigenvalue weighted by Gasteiger charge is -2.10. The molecule has 10 heteroatoms. The van der Waals surface area contributed by atoms with Crippen molar-refractivity contribution in [3.63, 3.8) is 0 Å². The topological polar surface area (TPSA) is 88.9 Å². The molecule has 166 valence electrons. The van der Waals surface area contributed by atoms with Gasteiger partial charge in [-0.15, -0.1) is 16.8 Å². The summed E-state index contributed by atoms with van der Waals surface area (Å²) in [5.41, 5.74) is 1.66. The second kappa shape index (κ2) is 10.9. The number of hydrogen-bond donors (Lipinski definition) is 2. The van der Waals surface area contributed by atoms with Crippen LogP contribution in [0.3, 0.4) is 0 Å². The minimum absolute atomic E-state index is 0.0579. The van der Waals surface area contributed by atoms with E-state index >= 15 is 0 Å². The van der Waals surface area contributed by atoms with Gasteiger partial charge >= 0.3 is 0 Å². The summed E-state index contributed by atoms with van der Waals surface area (Å²) in [4.78, 5) is 24.7. The number of thioether (sulfide) groups is 1. The van der Waals surface area contributed by atoms with E-state index in [-0.39, 0.29) is 24.1 Å². The molecule has 3 aromatic rings. The molecule has 0 unspecified atom stereocenters. The standard InChI is InChI=1S/C22H21ClFN5O2S/c1-3-10-29-19(12-25-21(31)15-5-7-16(23)8-6-15)27-28-22(29)32-13-20(30)26-18-11-17(24)9-4-14(18)2/h3-9,11H,1,10,12-13H2,2H3,(H,25,31)(H,26,30). The van der Waals surface area contributed by atoms with Crippen LogP contribution in [0.4, 0.5) is 10.1 Å². The van der Waals surface area contributed by atoms with Gasteiger partial charge in [0.2, 0.25) is 5.91 Å². The van der Waals surface area contributed by atoms with Crippen LogP contribution in [0.2, 0.25) is 5.02 Å². The van der Waals surface area contributed by atoms with Crippen molar-refractivity contribution in [2.24, 2.45) is 0 Å². The van der Waals surface area contributed by atoms with Crippen molar-refractivity contribution in [1.82, 2.24) is 20.1 Å².